The van der Waals surface area contributed by atoms with Crippen LogP contribution < -0.4 is 15.2 Å². The Labute approximate surface area is 189 Å². The average molecular weight is 447 g/mol. The molecule has 2 amide bonds. The van der Waals surface area contributed by atoms with E-state index in [1.807, 2.05) is 61.5 Å². The summed E-state index contributed by atoms with van der Waals surface area (Å²) in [7, 11) is 0. The number of anilines is 2. The van der Waals surface area contributed by atoms with Gasteiger partial charge in [0, 0.05) is 11.8 Å². The van der Waals surface area contributed by atoms with Crippen LogP contribution in [0.1, 0.15) is 11.1 Å². The maximum absolute atomic E-state index is 13.2. The van der Waals surface area contributed by atoms with E-state index in [1.54, 1.807) is 23.1 Å². The number of para-hydroxylation sites is 1. The van der Waals surface area contributed by atoms with Crippen LogP contribution >= 0.6 is 11.8 Å². The van der Waals surface area contributed by atoms with Crippen molar-refractivity contribution >= 4 is 46.2 Å². The summed E-state index contributed by atoms with van der Waals surface area (Å²) in [5, 5.41) is 3.41. The predicted octanol–water partition coefficient (Wildman–Crippen LogP) is 3.33. The molecule has 0 radical (unpaired) electrons. The molecule has 32 heavy (non-hydrogen) atoms. The lowest BCUT2D eigenvalue weighted by Crippen LogP contribution is -2.68. The highest BCUT2D eigenvalue weighted by atomic mass is 32.2. The molecule has 0 saturated heterocycles. The number of aryl methyl sites for hydroxylation is 1. The molecule has 0 unspecified atom stereocenters. The molecule has 0 fully saturated rings. The molecule has 160 valence electrons. The molecule has 0 spiro atoms. The van der Waals surface area contributed by atoms with E-state index in [0.29, 0.717) is 22.1 Å². The molecule has 0 saturated carbocycles. The van der Waals surface area contributed by atoms with Crippen LogP contribution in [0.2, 0.25) is 0 Å². The minimum Gasteiger partial charge on any atom is -0.325 e. The van der Waals surface area contributed by atoms with Gasteiger partial charge in [0.25, 0.3) is 0 Å². The molecule has 0 aliphatic carbocycles. The van der Waals surface area contributed by atoms with Gasteiger partial charge in [0.2, 0.25) is 11.6 Å². The summed E-state index contributed by atoms with van der Waals surface area (Å²) in [5.41, 5.74) is 3.52. The van der Waals surface area contributed by atoms with E-state index in [4.69, 9.17) is 0 Å². The molecule has 0 atom stereocenters. The van der Waals surface area contributed by atoms with Gasteiger partial charge in [-0.3, -0.25) is 4.79 Å². The first-order valence-electron chi connectivity index (χ1n) is 10.00. The smallest absolute Gasteiger partial charge is 0.325 e. The standard InChI is InChI=1S/C25H20FN3O2S/c1-17-6-5-7-20(14-17)27-23(30)16-32-25-28-22(15-18-10-12-19(26)13-11-18)24(31)29(25)21-8-3-2-4-9-21/h2-15H,16H2,1H3,(H,27,30)/p+1/b22-15-. The van der Waals surface area contributed by atoms with Crippen LogP contribution in [-0.4, -0.2) is 22.7 Å². The molecule has 0 bridgehead atoms. The van der Waals surface area contributed by atoms with E-state index in [1.165, 1.54) is 23.9 Å². The number of benzene rings is 3. The average Bonchev–Trinajstić information content (AvgIpc) is 3.09. The third kappa shape index (κ3) is 5.12. The second-order valence-electron chi connectivity index (χ2n) is 7.22. The first-order valence-corrected chi connectivity index (χ1v) is 11.0. The van der Waals surface area contributed by atoms with Crippen LogP contribution in [0.3, 0.4) is 0 Å². The molecule has 2 N–H and O–H groups in total. The lowest BCUT2D eigenvalue weighted by molar-refractivity contribution is -0.380. The largest absolute Gasteiger partial charge is 0.386 e. The van der Waals surface area contributed by atoms with Crippen LogP contribution in [0.4, 0.5) is 15.8 Å². The fourth-order valence-electron chi connectivity index (χ4n) is 3.23. The molecule has 1 aliphatic rings. The van der Waals surface area contributed by atoms with Crippen LogP contribution in [0, 0.1) is 12.7 Å². The summed E-state index contributed by atoms with van der Waals surface area (Å²) in [6.45, 7) is 1.96. The summed E-state index contributed by atoms with van der Waals surface area (Å²) in [6, 6.07) is 22.7. The van der Waals surface area contributed by atoms with E-state index in [2.05, 4.69) is 10.3 Å². The van der Waals surface area contributed by atoms with Crippen molar-refractivity contribution < 1.29 is 19.0 Å². The molecule has 4 rings (SSSR count). The van der Waals surface area contributed by atoms with Gasteiger partial charge in [0.05, 0.1) is 5.75 Å². The topological polar surface area (TPSA) is 63.4 Å². The fraction of sp³-hybridized carbons (Fsp3) is 0.0800. The fourth-order valence-corrected chi connectivity index (χ4v) is 4.07. The number of hydrogen-bond donors (Lipinski definition) is 2. The molecule has 0 aromatic heterocycles. The van der Waals surface area contributed by atoms with Crippen molar-refractivity contribution in [2.24, 2.45) is 0 Å². The number of thioether (sulfide) groups is 1. The molecular formula is C25H21FN3O2S+. The number of halogens is 1. The van der Waals surface area contributed by atoms with E-state index >= 15 is 0 Å². The Hall–Kier alpha value is -3.71. The maximum Gasteiger partial charge on any atom is 0.386 e. The Morgan fingerprint density at radius 3 is 2.53 bits per heavy atom. The van der Waals surface area contributed by atoms with Crippen molar-refractivity contribution in [2.45, 2.75) is 6.92 Å². The summed E-state index contributed by atoms with van der Waals surface area (Å²) < 4.78 is 13.2. The normalized spacial score (nSPS) is 14.6. The van der Waals surface area contributed by atoms with Gasteiger partial charge in [-0.2, -0.15) is 0 Å². The van der Waals surface area contributed by atoms with Crippen molar-refractivity contribution in [1.29, 1.82) is 0 Å². The van der Waals surface area contributed by atoms with Gasteiger partial charge in [-0.25, -0.2) is 14.2 Å². The number of carbonyl (C=O) groups is 2. The van der Waals surface area contributed by atoms with Gasteiger partial charge in [-0.05, 0) is 66.2 Å². The SMILES string of the molecule is Cc1cccc(NC(=O)CSC2=[NH+]/C(=C\c3ccc(F)cc3)C(=O)N2c2ccccc2)c1. The van der Waals surface area contributed by atoms with Crippen LogP contribution in [0.25, 0.3) is 6.08 Å². The summed E-state index contributed by atoms with van der Waals surface area (Å²) in [6.07, 6.45) is 1.66. The summed E-state index contributed by atoms with van der Waals surface area (Å²) in [4.78, 5) is 30.3. The van der Waals surface area contributed by atoms with Gasteiger partial charge in [-0.1, -0.05) is 42.5 Å². The van der Waals surface area contributed by atoms with Crippen LogP contribution in [0.15, 0.2) is 84.6 Å². The maximum atomic E-state index is 13.2. The van der Waals surface area contributed by atoms with E-state index in [-0.39, 0.29) is 23.4 Å². The highest BCUT2D eigenvalue weighted by Gasteiger charge is 2.40. The lowest BCUT2D eigenvalue weighted by Gasteiger charge is -2.10. The first-order chi connectivity index (χ1) is 15.5. The van der Waals surface area contributed by atoms with Gasteiger partial charge in [-0.15, -0.1) is 4.90 Å². The van der Waals surface area contributed by atoms with Crippen molar-refractivity contribution in [3.8, 4) is 0 Å². The Morgan fingerprint density at radius 2 is 1.81 bits per heavy atom. The highest BCUT2D eigenvalue weighted by molar-refractivity contribution is 8.14. The number of hydrogen-bond acceptors (Lipinski definition) is 3. The first kappa shape index (κ1) is 21.5. The molecule has 1 heterocycles. The zero-order valence-electron chi connectivity index (χ0n) is 17.3. The van der Waals surface area contributed by atoms with Gasteiger partial charge >= 0.3 is 11.1 Å². The zero-order valence-corrected chi connectivity index (χ0v) is 18.2. The molecule has 3 aromatic rings. The monoisotopic (exact) mass is 446 g/mol. The minimum atomic E-state index is -0.341. The van der Waals surface area contributed by atoms with Gasteiger partial charge in [0.15, 0.2) is 0 Å². The van der Waals surface area contributed by atoms with Crippen molar-refractivity contribution in [1.82, 2.24) is 0 Å². The lowest BCUT2D eigenvalue weighted by atomic mass is 10.2. The summed E-state index contributed by atoms with van der Waals surface area (Å²) >= 11 is 1.24. The molecular weight excluding hydrogens is 425 g/mol. The number of amides is 2. The third-order valence-electron chi connectivity index (χ3n) is 4.72. The third-order valence-corrected chi connectivity index (χ3v) is 5.68. The number of rotatable bonds is 5. The number of nitrogens with zero attached hydrogens (tertiary/aromatic N) is 1. The Morgan fingerprint density at radius 1 is 1.06 bits per heavy atom. The van der Waals surface area contributed by atoms with Crippen molar-refractivity contribution in [2.75, 3.05) is 16.0 Å². The van der Waals surface area contributed by atoms with Gasteiger partial charge in [0.1, 0.15) is 11.5 Å². The second-order valence-corrected chi connectivity index (χ2v) is 8.19. The molecule has 3 aromatic carbocycles. The number of carbonyl (C=O) groups excluding carboxylic acids is 2. The van der Waals surface area contributed by atoms with E-state index < -0.39 is 0 Å². The molecule has 5 nitrogen and oxygen atoms in total. The van der Waals surface area contributed by atoms with E-state index in [9.17, 15) is 14.0 Å². The second kappa shape index (κ2) is 9.62. The van der Waals surface area contributed by atoms with Crippen molar-refractivity contribution in [3.05, 3.63) is 102 Å². The predicted molar refractivity (Wildman–Crippen MR) is 127 cm³/mol. The van der Waals surface area contributed by atoms with E-state index in [0.717, 1.165) is 11.3 Å². The Kier molecular flexibility index (Phi) is 6.47. The van der Waals surface area contributed by atoms with Crippen LogP contribution in [0.5, 0.6) is 0 Å². The molecule has 1 aliphatic heterocycles. The van der Waals surface area contributed by atoms with Gasteiger partial charge < -0.3 is 5.32 Å². The summed E-state index contributed by atoms with van der Waals surface area (Å²) in [5.74, 6) is -0.642. The molecule has 7 heteroatoms. The number of amidine groups is 1. The quantitative estimate of drug-likeness (QED) is 0.591. The van der Waals surface area contributed by atoms with Crippen molar-refractivity contribution in [3.63, 3.8) is 0 Å². The Bertz CT molecular complexity index is 1210. The Balaban J connectivity index is 1.55. The zero-order chi connectivity index (χ0) is 22.5. The minimum absolute atomic E-state index is 0.122. The van der Waals surface area contributed by atoms with Crippen LogP contribution in [-0.2, 0) is 9.59 Å². The number of nitrogens with one attached hydrogen (secondary N) is 2. The highest BCUT2D eigenvalue weighted by Crippen LogP contribution is 2.22.